The van der Waals surface area contributed by atoms with Gasteiger partial charge in [-0.05, 0) is 43.4 Å². The molecule has 2 aromatic heterocycles. The van der Waals surface area contributed by atoms with E-state index in [-0.39, 0.29) is 17.7 Å². The molecule has 3 rings (SSSR count). The van der Waals surface area contributed by atoms with Crippen molar-refractivity contribution in [3.8, 4) is 0 Å². The SMILES string of the molecule is O=C(CCl)Nc1sc2c(c1C(=O)NCc1ccco1)CCCC2. The second-order valence-electron chi connectivity index (χ2n) is 5.36. The van der Waals surface area contributed by atoms with Gasteiger partial charge in [0.05, 0.1) is 18.4 Å². The van der Waals surface area contributed by atoms with Crippen molar-refractivity contribution in [2.24, 2.45) is 0 Å². The summed E-state index contributed by atoms with van der Waals surface area (Å²) in [5.41, 5.74) is 1.64. The zero-order valence-corrected chi connectivity index (χ0v) is 14.1. The lowest BCUT2D eigenvalue weighted by molar-refractivity contribution is -0.113. The van der Waals surface area contributed by atoms with E-state index in [0.717, 1.165) is 31.2 Å². The monoisotopic (exact) mass is 352 g/mol. The van der Waals surface area contributed by atoms with Gasteiger partial charge in [-0.25, -0.2) is 0 Å². The molecule has 0 aromatic carbocycles. The van der Waals surface area contributed by atoms with E-state index in [9.17, 15) is 9.59 Å². The summed E-state index contributed by atoms with van der Waals surface area (Å²) in [6.07, 6.45) is 5.57. The number of fused-ring (bicyclic) bond motifs is 1. The second kappa shape index (κ2) is 7.19. The predicted octanol–water partition coefficient (Wildman–Crippen LogP) is 3.33. The van der Waals surface area contributed by atoms with Gasteiger partial charge in [0.1, 0.15) is 16.6 Å². The van der Waals surface area contributed by atoms with Gasteiger partial charge in [-0.15, -0.1) is 22.9 Å². The molecule has 1 aliphatic rings. The van der Waals surface area contributed by atoms with Crippen molar-refractivity contribution in [3.63, 3.8) is 0 Å². The van der Waals surface area contributed by atoms with E-state index in [1.54, 1.807) is 18.4 Å². The normalized spacial score (nSPS) is 13.4. The van der Waals surface area contributed by atoms with Crippen molar-refractivity contribution in [2.75, 3.05) is 11.2 Å². The number of hydrogen-bond donors (Lipinski definition) is 2. The molecule has 2 heterocycles. The number of halogens is 1. The van der Waals surface area contributed by atoms with Gasteiger partial charge in [-0.2, -0.15) is 0 Å². The molecule has 1 aliphatic carbocycles. The van der Waals surface area contributed by atoms with Gasteiger partial charge in [-0.1, -0.05) is 0 Å². The molecule has 0 spiro atoms. The number of rotatable bonds is 5. The molecule has 0 bridgehead atoms. The van der Waals surface area contributed by atoms with E-state index < -0.39 is 0 Å². The van der Waals surface area contributed by atoms with Crippen molar-refractivity contribution < 1.29 is 14.0 Å². The highest BCUT2D eigenvalue weighted by molar-refractivity contribution is 7.17. The van der Waals surface area contributed by atoms with Crippen LogP contribution in [0.2, 0.25) is 0 Å². The largest absolute Gasteiger partial charge is 0.467 e. The summed E-state index contributed by atoms with van der Waals surface area (Å²) in [7, 11) is 0. The Labute approximate surface area is 143 Å². The molecule has 0 aliphatic heterocycles. The molecule has 5 nitrogen and oxygen atoms in total. The van der Waals surface area contributed by atoms with Gasteiger partial charge in [0.25, 0.3) is 5.91 Å². The highest BCUT2D eigenvalue weighted by Gasteiger charge is 2.26. The number of carbonyl (C=O) groups is 2. The Morgan fingerprint density at radius 3 is 2.87 bits per heavy atom. The van der Waals surface area contributed by atoms with Crippen LogP contribution in [-0.4, -0.2) is 17.7 Å². The van der Waals surface area contributed by atoms with Crippen LogP contribution in [0.25, 0.3) is 0 Å². The van der Waals surface area contributed by atoms with Crippen molar-refractivity contribution in [3.05, 3.63) is 40.2 Å². The Bertz CT molecular complexity index is 709. The third-order valence-corrected chi connectivity index (χ3v) is 5.23. The summed E-state index contributed by atoms with van der Waals surface area (Å²) >= 11 is 7.05. The number of nitrogens with one attached hydrogen (secondary N) is 2. The molecular weight excluding hydrogens is 336 g/mol. The molecule has 2 N–H and O–H groups in total. The summed E-state index contributed by atoms with van der Waals surface area (Å²) < 4.78 is 5.23. The van der Waals surface area contributed by atoms with Crippen LogP contribution in [0, 0.1) is 0 Å². The fourth-order valence-corrected chi connectivity index (χ4v) is 4.09. The van der Waals surface area contributed by atoms with Gasteiger partial charge < -0.3 is 15.1 Å². The van der Waals surface area contributed by atoms with E-state index in [2.05, 4.69) is 10.6 Å². The molecule has 0 saturated heterocycles. The number of hydrogen-bond acceptors (Lipinski definition) is 4. The van der Waals surface area contributed by atoms with Crippen LogP contribution < -0.4 is 10.6 Å². The number of carbonyl (C=O) groups excluding carboxylic acids is 2. The molecule has 0 fully saturated rings. The van der Waals surface area contributed by atoms with Crippen LogP contribution in [0.4, 0.5) is 5.00 Å². The minimum Gasteiger partial charge on any atom is -0.467 e. The first-order chi connectivity index (χ1) is 11.2. The Balaban J connectivity index is 1.84. The van der Waals surface area contributed by atoms with E-state index in [1.165, 1.54) is 16.2 Å². The van der Waals surface area contributed by atoms with Crippen LogP contribution in [0.3, 0.4) is 0 Å². The van der Waals surface area contributed by atoms with Gasteiger partial charge in [0.15, 0.2) is 0 Å². The molecule has 0 unspecified atom stereocenters. The van der Waals surface area contributed by atoms with Crippen molar-refractivity contribution in [1.82, 2.24) is 5.32 Å². The summed E-state index contributed by atoms with van der Waals surface area (Å²) in [4.78, 5) is 25.4. The Kier molecular flexibility index (Phi) is 5.03. The van der Waals surface area contributed by atoms with E-state index in [4.69, 9.17) is 16.0 Å². The van der Waals surface area contributed by atoms with E-state index >= 15 is 0 Å². The lowest BCUT2D eigenvalue weighted by atomic mass is 9.95. The molecule has 23 heavy (non-hydrogen) atoms. The highest BCUT2D eigenvalue weighted by atomic mass is 35.5. The van der Waals surface area contributed by atoms with Gasteiger partial charge >= 0.3 is 0 Å². The van der Waals surface area contributed by atoms with Crippen LogP contribution in [0.1, 0.15) is 39.4 Å². The first kappa shape index (κ1) is 16.1. The van der Waals surface area contributed by atoms with Gasteiger partial charge in [0, 0.05) is 4.88 Å². The number of amides is 2. The average Bonchev–Trinajstić information content (AvgIpc) is 3.19. The lowest BCUT2D eigenvalue weighted by Gasteiger charge is -2.13. The second-order valence-corrected chi connectivity index (χ2v) is 6.73. The molecule has 0 atom stereocenters. The molecule has 2 amide bonds. The van der Waals surface area contributed by atoms with Crippen LogP contribution in [0.5, 0.6) is 0 Å². The number of furan rings is 1. The van der Waals surface area contributed by atoms with Gasteiger partial charge in [-0.3, -0.25) is 9.59 Å². The molecule has 122 valence electrons. The number of alkyl halides is 1. The van der Waals surface area contributed by atoms with Crippen molar-refractivity contribution in [2.45, 2.75) is 32.2 Å². The molecule has 0 radical (unpaired) electrons. The summed E-state index contributed by atoms with van der Waals surface area (Å²) in [6, 6.07) is 3.58. The lowest BCUT2D eigenvalue weighted by Crippen LogP contribution is -2.25. The fraction of sp³-hybridized carbons (Fsp3) is 0.375. The first-order valence-corrected chi connectivity index (χ1v) is 8.85. The topological polar surface area (TPSA) is 71.3 Å². The maximum atomic E-state index is 12.6. The third-order valence-electron chi connectivity index (χ3n) is 3.78. The summed E-state index contributed by atoms with van der Waals surface area (Å²) in [6.45, 7) is 0.319. The van der Waals surface area contributed by atoms with Crippen LogP contribution >= 0.6 is 22.9 Å². The average molecular weight is 353 g/mol. The maximum absolute atomic E-state index is 12.6. The number of aryl methyl sites for hydroxylation is 1. The highest BCUT2D eigenvalue weighted by Crippen LogP contribution is 2.38. The molecule has 7 heteroatoms. The summed E-state index contributed by atoms with van der Waals surface area (Å²) in [5.74, 6) is 0.0700. The van der Waals surface area contributed by atoms with E-state index in [0.29, 0.717) is 22.9 Å². The Morgan fingerprint density at radius 1 is 1.30 bits per heavy atom. The van der Waals surface area contributed by atoms with Crippen molar-refractivity contribution in [1.29, 1.82) is 0 Å². The number of thiophene rings is 1. The standard InChI is InChI=1S/C16H17ClN2O3S/c17-8-13(20)19-16-14(11-5-1-2-6-12(11)23-16)15(21)18-9-10-4-3-7-22-10/h3-4,7H,1-2,5-6,8-9H2,(H,18,21)(H,19,20). The van der Waals surface area contributed by atoms with Gasteiger partial charge in [0.2, 0.25) is 5.91 Å². The smallest absolute Gasteiger partial charge is 0.254 e. The predicted molar refractivity (Wildman–Crippen MR) is 90.2 cm³/mol. The first-order valence-electron chi connectivity index (χ1n) is 7.50. The molecule has 2 aromatic rings. The number of anilines is 1. The maximum Gasteiger partial charge on any atom is 0.254 e. The van der Waals surface area contributed by atoms with Crippen LogP contribution in [0.15, 0.2) is 22.8 Å². The minimum absolute atomic E-state index is 0.129. The minimum atomic E-state index is -0.301. The van der Waals surface area contributed by atoms with Crippen LogP contribution in [-0.2, 0) is 24.2 Å². The zero-order chi connectivity index (χ0) is 16.2. The van der Waals surface area contributed by atoms with E-state index in [1.807, 2.05) is 0 Å². The summed E-state index contributed by atoms with van der Waals surface area (Å²) in [5, 5.41) is 6.21. The Morgan fingerprint density at radius 2 is 2.13 bits per heavy atom. The Hall–Kier alpha value is -1.79. The molecule has 0 saturated carbocycles. The fourth-order valence-electron chi connectivity index (χ4n) is 2.72. The quantitative estimate of drug-likeness (QED) is 0.811. The van der Waals surface area contributed by atoms with Crippen molar-refractivity contribution >= 4 is 39.8 Å². The third kappa shape index (κ3) is 3.59. The molecular formula is C16H17ClN2O3S. The zero-order valence-electron chi connectivity index (χ0n) is 12.5.